The Balaban J connectivity index is 1.86. The molecule has 0 unspecified atom stereocenters. The second-order valence-corrected chi connectivity index (χ2v) is 5.91. The van der Waals surface area contributed by atoms with Crippen LogP contribution in [0.15, 0.2) is 36.7 Å². The molecule has 6 heteroatoms. The number of benzene rings is 1. The van der Waals surface area contributed by atoms with Gasteiger partial charge in [-0.1, -0.05) is 6.92 Å². The summed E-state index contributed by atoms with van der Waals surface area (Å²) in [5.41, 5.74) is 5.64. The monoisotopic (exact) mass is 333 g/mol. The maximum absolute atomic E-state index is 5.58. The van der Waals surface area contributed by atoms with Gasteiger partial charge in [-0.15, -0.1) is 0 Å². The van der Waals surface area contributed by atoms with E-state index >= 15 is 0 Å². The van der Waals surface area contributed by atoms with E-state index in [2.05, 4.69) is 26.9 Å². The number of H-pyrrole nitrogens is 2. The van der Waals surface area contributed by atoms with Crippen molar-refractivity contribution < 1.29 is 4.74 Å². The number of pyridine rings is 1. The van der Waals surface area contributed by atoms with Crippen LogP contribution in [0.1, 0.15) is 18.4 Å². The topological polar surface area (TPSA) is 79.5 Å². The van der Waals surface area contributed by atoms with E-state index in [0.29, 0.717) is 0 Å². The van der Waals surface area contributed by atoms with E-state index < -0.39 is 0 Å². The lowest BCUT2D eigenvalue weighted by Crippen LogP contribution is -1.90. The molecule has 0 aliphatic rings. The van der Waals surface area contributed by atoms with Gasteiger partial charge in [0.25, 0.3) is 0 Å². The number of aromatic nitrogens is 5. The first kappa shape index (κ1) is 15.4. The molecule has 126 valence electrons. The van der Waals surface area contributed by atoms with E-state index in [1.807, 2.05) is 37.4 Å². The summed E-state index contributed by atoms with van der Waals surface area (Å²) in [5, 5.41) is 0. The number of rotatable bonds is 4. The second kappa shape index (κ2) is 6.05. The Morgan fingerprint density at radius 2 is 2.04 bits per heavy atom. The van der Waals surface area contributed by atoms with E-state index in [-0.39, 0.29) is 0 Å². The number of nitrogens with one attached hydrogen (secondary N) is 2. The Morgan fingerprint density at radius 3 is 2.76 bits per heavy atom. The van der Waals surface area contributed by atoms with Crippen molar-refractivity contribution in [1.29, 1.82) is 0 Å². The second-order valence-electron chi connectivity index (χ2n) is 5.91. The average molecular weight is 333 g/mol. The highest BCUT2D eigenvalue weighted by Crippen LogP contribution is 2.34. The van der Waals surface area contributed by atoms with Crippen LogP contribution in [0.4, 0.5) is 0 Å². The largest absolute Gasteiger partial charge is 0.496 e. The minimum Gasteiger partial charge on any atom is -0.496 e. The Labute approximate surface area is 145 Å². The third kappa shape index (κ3) is 2.65. The predicted octanol–water partition coefficient (Wildman–Crippen LogP) is 3.89. The molecular weight excluding hydrogens is 314 g/mol. The summed E-state index contributed by atoms with van der Waals surface area (Å²) < 4.78 is 5.58. The molecule has 0 bridgehead atoms. The summed E-state index contributed by atoms with van der Waals surface area (Å²) in [7, 11) is 1.66. The zero-order chi connectivity index (χ0) is 17.4. The van der Waals surface area contributed by atoms with Crippen molar-refractivity contribution >= 4 is 11.0 Å². The highest BCUT2D eigenvalue weighted by atomic mass is 16.5. The molecule has 0 aliphatic carbocycles. The first-order valence-electron chi connectivity index (χ1n) is 8.23. The lowest BCUT2D eigenvalue weighted by Gasteiger charge is -2.06. The van der Waals surface area contributed by atoms with Crippen LogP contribution in [0.25, 0.3) is 33.7 Å². The number of imidazole rings is 2. The van der Waals surface area contributed by atoms with Crippen LogP contribution < -0.4 is 4.74 Å². The van der Waals surface area contributed by atoms with Gasteiger partial charge in [-0.3, -0.25) is 4.98 Å². The zero-order valence-corrected chi connectivity index (χ0v) is 14.4. The van der Waals surface area contributed by atoms with Gasteiger partial charge in [-0.05, 0) is 25.1 Å². The maximum Gasteiger partial charge on any atom is 0.142 e. The summed E-state index contributed by atoms with van der Waals surface area (Å²) in [4.78, 5) is 20.2. The SMILES string of the molecule is CCc1nc2cc(OC)c(-c3nc(-c4cccnc4)c(C)[nH]3)cc2[nH]1. The Morgan fingerprint density at radius 1 is 1.16 bits per heavy atom. The number of ether oxygens (including phenoxy) is 1. The molecule has 0 fully saturated rings. The molecule has 2 N–H and O–H groups in total. The van der Waals surface area contributed by atoms with Gasteiger partial charge in [0.1, 0.15) is 17.4 Å². The van der Waals surface area contributed by atoms with Crippen LogP contribution in [0.5, 0.6) is 5.75 Å². The van der Waals surface area contributed by atoms with Crippen LogP contribution in [0.2, 0.25) is 0 Å². The molecule has 0 amide bonds. The molecule has 0 spiro atoms. The van der Waals surface area contributed by atoms with Crippen molar-refractivity contribution in [3.63, 3.8) is 0 Å². The van der Waals surface area contributed by atoms with Gasteiger partial charge < -0.3 is 14.7 Å². The van der Waals surface area contributed by atoms with E-state index in [0.717, 1.165) is 57.4 Å². The summed E-state index contributed by atoms with van der Waals surface area (Å²) in [6.45, 7) is 4.08. The first-order chi connectivity index (χ1) is 12.2. The Kier molecular flexibility index (Phi) is 3.72. The molecule has 0 aliphatic heterocycles. The number of hydrogen-bond acceptors (Lipinski definition) is 4. The van der Waals surface area contributed by atoms with Crippen molar-refractivity contribution in [2.75, 3.05) is 7.11 Å². The van der Waals surface area contributed by atoms with E-state index in [9.17, 15) is 0 Å². The average Bonchev–Trinajstić information content (AvgIpc) is 3.23. The van der Waals surface area contributed by atoms with Crippen LogP contribution in [0, 0.1) is 6.92 Å². The quantitative estimate of drug-likeness (QED) is 0.594. The number of nitrogens with zero attached hydrogens (tertiary/aromatic N) is 3. The summed E-state index contributed by atoms with van der Waals surface area (Å²) in [6, 6.07) is 7.89. The number of aromatic amines is 2. The maximum atomic E-state index is 5.58. The van der Waals surface area contributed by atoms with Crippen LogP contribution >= 0.6 is 0 Å². The molecule has 4 rings (SSSR count). The lowest BCUT2D eigenvalue weighted by molar-refractivity contribution is 0.416. The van der Waals surface area contributed by atoms with Crippen molar-refractivity contribution in [2.24, 2.45) is 0 Å². The van der Waals surface area contributed by atoms with Gasteiger partial charge in [0.15, 0.2) is 0 Å². The molecule has 1 aromatic carbocycles. The molecule has 4 aromatic rings. The fourth-order valence-electron chi connectivity index (χ4n) is 2.98. The fourth-order valence-corrected chi connectivity index (χ4v) is 2.98. The van der Waals surface area contributed by atoms with Crippen molar-refractivity contribution in [3.05, 3.63) is 48.2 Å². The number of aryl methyl sites for hydroxylation is 2. The number of methoxy groups -OCH3 is 1. The summed E-state index contributed by atoms with van der Waals surface area (Å²) >= 11 is 0. The minimum absolute atomic E-state index is 0.744. The van der Waals surface area contributed by atoms with Gasteiger partial charge in [0.05, 0.1) is 29.4 Å². The molecule has 3 aromatic heterocycles. The molecule has 0 saturated heterocycles. The lowest BCUT2D eigenvalue weighted by atomic mass is 10.1. The number of fused-ring (bicyclic) bond motifs is 1. The standard InChI is InChI=1S/C19H19N5O/c1-4-17-22-14-8-13(16(25-3)9-15(14)23-17)19-21-11(2)18(24-19)12-6-5-7-20-10-12/h5-10H,4H2,1-3H3,(H,21,24)(H,22,23). The molecular formula is C19H19N5O. The van der Waals surface area contributed by atoms with Gasteiger partial charge in [-0.2, -0.15) is 0 Å². The third-order valence-corrected chi connectivity index (χ3v) is 4.26. The molecule has 0 radical (unpaired) electrons. The molecule has 25 heavy (non-hydrogen) atoms. The van der Waals surface area contributed by atoms with Crippen molar-refractivity contribution in [3.8, 4) is 28.4 Å². The molecule has 3 heterocycles. The van der Waals surface area contributed by atoms with E-state index in [1.54, 1.807) is 13.3 Å². The van der Waals surface area contributed by atoms with E-state index in [1.165, 1.54) is 0 Å². The Hall–Kier alpha value is -3.15. The normalized spacial score (nSPS) is 11.2. The summed E-state index contributed by atoms with van der Waals surface area (Å²) in [6.07, 6.45) is 4.43. The van der Waals surface area contributed by atoms with Crippen LogP contribution in [-0.4, -0.2) is 32.0 Å². The highest BCUT2D eigenvalue weighted by Gasteiger charge is 2.16. The molecule has 0 atom stereocenters. The van der Waals surface area contributed by atoms with Gasteiger partial charge in [0.2, 0.25) is 0 Å². The van der Waals surface area contributed by atoms with Crippen molar-refractivity contribution in [2.45, 2.75) is 20.3 Å². The fraction of sp³-hybridized carbons (Fsp3) is 0.211. The molecule has 0 saturated carbocycles. The highest BCUT2D eigenvalue weighted by molar-refractivity contribution is 5.85. The van der Waals surface area contributed by atoms with Crippen LogP contribution in [-0.2, 0) is 6.42 Å². The van der Waals surface area contributed by atoms with Crippen LogP contribution in [0.3, 0.4) is 0 Å². The van der Waals surface area contributed by atoms with E-state index in [4.69, 9.17) is 9.72 Å². The smallest absolute Gasteiger partial charge is 0.142 e. The van der Waals surface area contributed by atoms with Gasteiger partial charge >= 0.3 is 0 Å². The Bertz CT molecular complexity index is 1030. The van der Waals surface area contributed by atoms with Crippen molar-refractivity contribution in [1.82, 2.24) is 24.9 Å². The van der Waals surface area contributed by atoms with Gasteiger partial charge in [0, 0.05) is 36.1 Å². The number of hydrogen-bond donors (Lipinski definition) is 2. The van der Waals surface area contributed by atoms with Gasteiger partial charge in [-0.25, -0.2) is 9.97 Å². The third-order valence-electron chi connectivity index (χ3n) is 4.26. The minimum atomic E-state index is 0.744. The summed E-state index contributed by atoms with van der Waals surface area (Å²) in [5.74, 6) is 2.47. The zero-order valence-electron chi connectivity index (χ0n) is 14.4. The first-order valence-corrected chi connectivity index (χ1v) is 8.23. The molecule has 6 nitrogen and oxygen atoms in total. The predicted molar refractivity (Wildman–Crippen MR) is 97.6 cm³/mol.